The molecule has 2 rings (SSSR count). The van der Waals surface area contributed by atoms with Crippen LogP contribution in [0, 0.1) is 11.8 Å². The van der Waals surface area contributed by atoms with E-state index in [0.717, 1.165) is 0 Å². The van der Waals surface area contributed by atoms with E-state index < -0.39 is 16.1 Å². The third-order valence-corrected chi connectivity index (χ3v) is 5.38. The maximum absolute atomic E-state index is 12.3. The first-order chi connectivity index (χ1) is 9.44. The molecule has 1 aromatic carbocycles. The van der Waals surface area contributed by atoms with Gasteiger partial charge in [0.05, 0.1) is 11.0 Å². The molecule has 0 bridgehead atoms. The van der Waals surface area contributed by atoms with Gasteiger partial charge >= 0.3 is 0 Å². The molecule has 0 heterocycles. The number of rotatable bonds is 7. The van der Waals surface area contributed by atoms with Crippen LogP contribution in [0.15, 0.2) is 29.2 Å². The van der Waals surface area contributed by atoms with Crippen molar-refractivity contribution in [2.45, 2.75) is 44.1 Å². The molecule has 1 fully saturated rings. The van der Waals surface area contributed by atoms with Crippen LogP contribution >= 0.6 is 0 Å². The molecule has 20 heavy (non-hydrogen) atoms. The maximum Gasteiger partial charge on any atom is 0.240 e. The van der Waals surface area contributed by atoms with Gasteiger partial charge in [-0.05, 0) is 48.8 Å². The van der Waals surface area contributed by atoms with Crippen LogP contribution in [0.3, 0.4) is 0 Å². The lowest BCUT2D eigenvalue weighted by atomic mass is 10.1. The zero-order valence-electron chi connectivity index (χ0n) is 12.0. The Hall–Kier alpha value is -0.910. The molecule has 2 N–H and O–H groups in total. The quantitative estimate of drug-likeness (QED) is 0.812. The van der Waals surface area contributed by atoms with Crippen molar-refractivity contribution in [1.82, 2.24) is 4.72 Å². The van der Waals surface area contributed by atoms with E-state index in [9.17, 15) is 13.5 Å². The molecule has 1 aromatic rings. The van der Waals surface area contributed by atoms with E-state index in [-0.39, 0.29) is 4.90 Å². The van der Waals surface area contributed by atoms with E-state index in [1.807, 2.05) is 6.92 Å². The first-order valence-electron chi connectivity index (χ1n) is 7.21. The summed E-state index contributed by atoms with van der Waals surface area (Å²) in [7, 11) is -3.49. The molecule has 2 unspecified atom stereocenters. The van der Waals surface area contributed by atoms with Crippen molar-refractivity contribution in [1.29, 1.82) is 0 Å². The fourth-order valence-corrected chi connectivity index (χ4v) is 3.48. The van der Waals surface area contributed by atoms with Crippen LogP contribution in [0.5, 0.6) is 0 Å². The molecular formula is C15H23NO3S. The molecule has 0 radical (unpaired) electrons. The summed E-state index contributed by atoms with van der Waals surface area (Å²) in [5.41, 5.74) is 0.644. The number of hydrogen-bond acceptors (Lipinski definition) is 3. The summed E-state index contributed by atoms with van der Waals surface area (Å²) in [6.45, 7) is 4.42. The molecule has 1 aliphatic carbocycles. The fraction of sp³-hybridized carbons (Fsp3) is 0.600. The molecule has 1 saturated carbocycles. The van der Waals surface area contributed by atoms with Gasteiger partial charge in [-0.3, -0.25) is 0 Å². The van der Waals surface area contributed by atoms with Crippen molar-refractivity contribution in [3.63, 3.8) is 0 Å². The molecule has 2 atom stereocenters. The lowest BCUT2D eigenvalue weighted by molar-refractivity contribution is 0.173. The fourth-order valence-electron chi connectivity index (χ4n) is 2.28. The van der Waals surface area contributed by atoms with Gasteiger partial charge < -0.3 is 5.11 Å². The van der Waals surface area contributed by atoms with Crippen LogP contribution in [0.4, 0.5) is 0 Å². The number of hydrogen-bond donors (Lipinski definition) is 2. The highest BCUT2D eigenvalue weighted by Crippen LogP contribution is 2.36. The number of aliphatic hydroxyl groups is 1. The van der Waals surface area contributed by atoms with Crippen LogP contribution in [-0.4, -0.2) is 20.1 Å². The third-order valence-electron chi connectivity index (χ3n) is 3.96. The molecule has 0 aliphatic heterocycles. The molecule has 112 valence electrons. The Morgan fingerprint density at radius 1 is 1.40 bits per heavy atom. The minimum Gasteiger partial charge on any atom is -0.388 e. The summed E-state index contributed by atoms with van der Waals surface area (Å²) < 4.78 is 27.2. The minimum atomic E-state index is -3.49. The van der Waals surface area contributed by atoms with Gasteiger partial charge in [-0.1, -0.05) is 26.0 Å². The topological polar surface area (TPSA) is 66.4 Å². The molecule has 1 aliphatic rings. The van der Waals surface area contributed by atoms with Crippen molar-refractivity contribution in [2.24, 2.45) is 11.8 Å². The highest BCUT2D eigenvalue weighted by atomic mass is 32.2. The number of aliphatic hydroxyl groups excluding tert-OH is 1. The van der Waals surface area contributed by atoms with E-state index in [4.69, 9.17) is 0 Å². The summed E-state index contributed by atoms with van der Waals surface area (Å²) in [6, 6.07) is 6.54. The lowest BCUT2D eigenvalue weighted by Crippen LogP contribution is -2.29. The monoisotopic (exact) mass is 297 g/mol. The Morgan fingerprint density at radius 3 is 2.70 bits per heavy atom. The normalized spacial score (nSPS) is 18.8. The van der Waals surface area contributed by atoms with Crippen LogP contribution < -0.4 is 4.72 Å². The molecule has 0 spiro atoms. The Labute approximate surface area is 121 Å². The summed E-state index contributed by atoms with van der Waals surface area (Å²) in [6.07, 6.45) is 2.37. The van der Waals surface area contributed by atoms with Crippen molar-refractivity contribution in [3.8, 4) is 0 Å². The Bertz CT molecular complexity index is 552. The van der Waals surface area contributed by atoms with Gasteiger partial charge in [-0.15, -0.1) is 0 Å². The van der Waals surface area contributed by atoms with Gasteiger partial charge in [0, 0.05) is 6.54 Å². The van der Waals surface area contributed by atoms with Gasteiger partial charge in [0.25, 0.3) is 0 Å². The second kappa shape index (κ2) is 6.24. The Morgan fingerprint density at radius 2 is 2.10 bits per heavy atom. The SMILES string of the molecule is CCC(O)c1cccc(S(=O)(=O)NCC(C)C2CC2)c1. The predicted molar refractivity (Wildman–Crippen MR) is 78.8 cm³/mol. The third kappa shape index (κ3) is 3.81. The number of sulfonamides is 1. The van der Waals surface area contributed by atoms with E-state index in [0.29, 0.717) is 30.4 Å². The van der Waals surface area contributed by atoms with Crippen molar-refractivity contribution in [3.05, 3.63) is 29.8 Å². The first kappa shape index (κ1) is 15.5. The smallest absolute Gasteiger partial charge is 0.240 e. The zero-order chi connectivity index (χ0) is 14.8. The van der Waals surface area contributed by atoms with Crippen LogP contribution in [0.2, 0.25) is 0 Å². The summed E-state index contributed by atoms with van der Waals surface area (Å²) in [5, 5.41) is 9.80. The van der Waals surface area contributed by atoms with E-state index >= 15 is 0 Å². The minimum absolute atomic E-state index is 0.227. The van der Waals surface area contributed by atoms with Gasteiger partial charge in [-0.2, -0.15) is 0 Å². The lowest BCUT2D eigenvalue weighted by Gasteiger charge is -2.13. The van der Waals surface area contributed by atoms with Gasteiger partial charge in [0.1, 0.15) is 0 Å². The molecule has 4 nitrogen and oxygen atoms in total. The summed E-state index contributed by atoms with van der Waals surface area (Å²) in [5.74, 6) is 1.06. The second-order valence-electron chi connectivity index (χ2n) is 5.66. The van der Waals surface area contributed by atoms with Crippen LogP contribution in [0.1, 0.15) is 44.8 Å². The highest BCUT2D eigenvalue weighted by molar-refractivity contribution is 7.89. The van der Waals surface area contributed by atoms with E-state index in [2.05, 4.69) is 11.6 Å². The highest BCUT2D eigenvalue weighted by Gasteiger charge is 2.28. The molecule has 5 heteroatoms. The average molecular weight is 297 g/mol. The average Bonchev–Trinajstić information content (AvgIpc) is 3.28. The van der Waals surface area contributed by atoms with Gasteiger partial charge in [-0.25, -0.2) is 13.1 Å². The summed E-state index contributed by atoms with van der Waals surface area (Å²) >= 11 is 0. The maximum atomic E-state index is 12.3. The number of benzene rings is 1. The van der Waals surface area contributed by atoms with Gasteiger partial charge in [0.15, 0.2) is 0 Å². The second-order valence-corrected chi connectivity index (χ2v) is 7.43. The van der Waals surface area contributed by atoms with Crippen molar-refractivity contribution < 1.29 is 13.5 Å². The first-order valence-corrected chi connectivity index (χ1v) is 8.70. The molecule has 0 amide bonds. The van der Waals surface area contributed by atoms with Gasteiger partial charge in [0.2, 0.25) is 10.0 Å². The molecule has 0 aromatic heterocycles. The largest absolute Gasteiger partial charge is 0.388 e. The van der Waals surface area contributed by atoms with E-state index in [1.54, 1.807) is 24.3 Å². The molecule has 0 saturated heterocycles. The Kier molecular flexibility index (Phi) is 4.83. The van der Waals surface area contributed by atoms with Crippen molar-refractivity contribution >= 4 is 10.0 Å². The zero-order valence-corrected chi connectivity index (χ0v) is 12.9. The van der Waals surface area contributed by atoms with E-state index in [1.165, 1.54) is 12.8 Å². The summed E-state index contributed by atoms with van der Waals surface area (Å²) in [4.78, 5) is 0.227. The standard InChI is InChI=1S/C15H23NO3S/c1-3-15(17)13-5-4-6-14(9-13)20(18,19)16-10-11(2)12-7-8-12/h4-6,9,11-12,15-17H,3,7-8,10H2,1-2H3. The Balaban J connectivity index is 2.08. The van der Waals surface area contributed by atoms with Crippen molar-refractivity contribution in [2.75, 3.05) is 6.54 Å². The van der Waals surface area contributed by atoms with Crippen LogP contribution in [-0.2, 0) is 10.0 Å². The van der Waals surface area contributed by atoms with Crippen LogP contribution in [0.25, 0.3) is 0 Å². The molecular weight excluding hydrogens is 274 g/mol. The number of nitrogens with one attached hydrogen (secondary N) is 1. The predicted octanol–water partition coefficient (Wildman–Crippen LogP) is 2.45.